The monoisotopic (exact) mass is 1980 g/mol. The molecule has 0 bridgehead atoms. The maximum Gasteiger partial charge on any atom is 1.00 e. The molecule has 0 radical (unpaired) electrons. The molecule has 9 rings (SSSR count). The van der Waals surface area contributed by atoms with Crippen LogP contribution in [0.25, 0.3) is 0 Å². The number of carboxylic acid groups (broad SMARTS) is 2. The Labute approximate surface area is 778 Å². The van der Waals surface area contributed by atoms with Crippen molar-refractivity contribution in [1.82, 2.24) is 29.7 Å². The van der Waals surface area contributed by atoms with Crippen LogP contribution in [0.5, 0.6) is 34.5 Å². The second kappa shape index (κ2) is 48.2. The van der Waals surface area contributed by atoms with Crippen molar-refractivity contribution in [2.24, 2.45) is 0 Å². The van der Waals surface area contributed by atoms with Crippen LogP contribution < -0.4 is 46.4 Å². The summed E-state index contributed by atoms with van der Waals surface area (Å²) in [7, 11) is -12.8. The van der Waals surface area contributed by atoms with E-state index in [4.69, 9.17) is 104 Å². The number of nitrogens with zero attached hydrogens (tertiary/aromatic N) is 8. The number of aliphatic carboxylic acids is 2. The number of hydrogen-bond donors (Lipinski definition) is 3. The molecule has 0 aliphatic rings. The minimum Gasteiger partial charge on any atom is -0.870 e. The molecule has 0 atom stereocenters. The SMILES string of the molecule is C.CC(=O)N(CCCc1cc(Cl)ccc1Oc1cc(F)c(S(=O)(=O)N(C(=O)OC(C)(C)C)c2cscn2)cc1Cl)CC(=O)O.CC(=O)N(CCCc1cc(Cl)ccc1Oc1cc(F)c(S(=O)(=O)Nc2cscn2)cc1Cl)CC(=O)O.COC(=O)CN(CCCc1cc(Cl)ccc1Oc1cc(F)c(S(=O)(=O)N(C(=O)OC(C)(C)C)c2cscn2)cc1Cl)C(C)=O.[Li+].[OH-]. The van der Waals surface area contributed by atoms with Crippen LogP contribution in [0.2, 0.25) is 30.1 Å². The number of carbonyl (C=O) groups excluding carboxylic acids is 6. The van der Waals surface area contributed by atoms with Crippen molar-refractivity contribution in [3.8, 4) is 34.5 Å². The van der Waals surface area contributed by atoms with E-state index in [1.165, 1.54) is 111 Å². The van der Waals surface area contributed by atoms with E-state index in [0.717, 1.165) is 59.1 Å². The van der Waals surface area contributed by atoms with Gasteiger partial charge in [-0.05, 0) is 170 Å². The van der Waals surface area contributed by atoms with Crippen molar-refractivity contribution in [2.75, 3.05) is 59.7 Å². The molecule has 3 aromatic heterocycles. The number of nitrogens with one attached hydrogen (secondary N) is 1. The summed E-state index contributed by atoms with van der Waals surface area (Å²) in [6.07, 6.45) is -0.430. The van der Waals surface area contributed by atoms with Gasteiger partial charge in [0.25, 0.3) is 30.1 Å². The standard InChI is InChI=1S/C28H30Cl2FN3O8S2.C27H28Cl2FN3O8S2.C22H20Cl2FN3O6S2.CH4.Li.H2O/c1-17(35)33(14-26(36)40-5)10-6-7-18-11-19(29)8-9-22(18)41-23-13-21(31)24(12-20(23)30)44(38,39)34(25-15-43-16-32-25)27(37)42-28(2,3)4;1-16(34)32(13-25(35)36)9-5-6-17-10-18(28)7-8-21(17)40-22-12-20(30)23(11-19(22)29)43(38,39)33(24-14-42-15-31-24)26(37)41-27(2,3)4;1-13(29)28(10-22(30)31)6-2-3-14-7-15(23)4-5-18(14)34-19-9-17(25)20(8-16(19)24)36(32,33)27-21-11-35-12-26-21;;;/h8-9,11-13,15-16H,6-7,10,14H2,1-5H3;7-8,10-12,14-15H,5-6,9,13H2,1-4H3,(H,35,36);4-5,7-9,11-12,27H,2-3,6,10H2,1H3,(H,30,31);1H4;;1H2/q;;;;+1;/p-1. The topological polar surface area (TPSA) is 432 Å². The van der Waals surface area contributed by atoms with Gasteiger partial charge in [0.2, 0.25) is 17.7 Å². The van der Waals surface area contributed by atoms with E-state index in [1.807, 2.05) is 0 Å². The molecule has 0 aliphatic heterocycles. The number of carbonyl (C=O) groups is 8. The first-order chi connectivity index (χ1) is 57.5. The molecule has 126 heavy (non-hydrogen) atoms. The third kappa shape index (κ3) is 31.9. The van der Waals surface area contributed by atoms with Gasteiger partial charge >= 0.3 is 49.0 Å². The van der Waals surface area contributed by atoms with Gasteiger partial charge in [0.1, 0.15) is 97.5 Å². The number of thiazole rings is 3. The average molecular weight is 1980 g/mol. The molecule has 0 aliphatic carbocycles. The molecular formula is C78H83Cl6F3LiN9O23S6. The summed E-state index contributed by atoms with van der Waals surface area (Å²) in [4.78, 5) is 108. The van der Waals surface area contributed by atoms with Crippen molar-refractivity contribution in [3.05, 3.63) is 188 Å². The first-order valence-electron chi connectivity index (χ1n) is 35.9. The molecule has 0 spiro atoms. The Morgan fingerprint density at radius 1 is 0.460 bits per heavy atom. The summed E-state index contributed by atoms with van der Waals surface area (Å²) >= 11 is 40.6. The molecule has 0 fully saturated rings. The van der Waals surface area contributed by atoms with Crippen LogP contribution >= 0.6 is 104 Å². The second-order valence-electron chi connectivity index (χ2n) is 27.9. The van der Waals surface area contributed by atoms with E-state index in [2.05, 4.69) is 24.4 Å². The van der Waals surface area contributed by atoms with Crippen molar-refractivity contribution in [1.29, 1.82) is 0 Å². The third-order valence-electron chi connectivity index (χ3n) is 16.2. The zero-order valence-electron chi connectivity index (χ0n) is 68.0. The van der Waals surface area contributed by atoms with E-state index in [-0.39, 0.29) is 145 Å². The molecular weight excluding hydrogens is 1900 g/mol. The number of benzene rings is 6. The average Bonchev–Trinajstić information content (AvgIpc) is 1.12. The largest absolute Gasteiger partial charge is 1.00 e. The quantitative estimate of drug-likeness (QED) is 0.0195. The summed E-state index contributed by atoms with van der Waals surface area (Å²) in [5, 5.41) is 22.5. The first-order valence-corrected chi connectivity index (χ1v) is 45.3. The zero-order chi connectivity index (χ0) is 91.4. The Bertz CT molecular complexity index is 5720. The van der Waals surface area contributed by atoms with Gasteiger partial charge < -0.3 is 58.8 Å². The fourth-order valence-electron chi connectivity index (χ4n) is 10.7. The summed E-state index contributed by atoms with van der Waals surface area (Å²) in [5.74, 6) is -7.84. The number of hydrogen-bond acceptors (Lipinski definition) is 27. The molecule has 3 heterocycles. The molecule has 48 heteroatoms. The Morgan fingerprint density at radius 2 is 0.770 bits per heavy atom. The number of methoxy groups -OCH3 is 1. The summed E-state index contributed by atoms with van der Waals surface area (Å²) in [6, 6.07) is 19.0. The number of aromatic nitrogens is 3. The van der Waals surface area contributed by atoms with Crippen LogP contribution in [0, 0.1) is 17.5 Å². The van der Waals surface area contributed by atoms with E-state index in [1.54, 1.807) is 71.9 Å². The van der Waals surface area contributed by atoms with Crippen LogP contribution in [-0.2, 0) is 92.3 Å². The second-order valence-corrected chi connectivity index (χ2v) is 37.7. The summed E-state index contributed by atoms with van der Waals surface area (Å²) in [5.41, 5.74) is 3.62. The van der Waals surface area contributed by atoms with Gasteiger partial charge in [-0.2, -0.15) is 0 Å². The predicted molar refractivity (Wildman–Crippen MR) is 465 cm³/mol. The Hall–Kier alpha value is -9.29. The fraction of sp³-hybridized carbons (Fsp3) is 0.321. The first kappa shape index (κ1) is 109. The number of ether oxygens (including phenoxy) is 6. The van der Waals surface area contributed by atoms with E-state index >= 15 is 8.78 Å². The summed E-state index contributed by atoms with van der Waals surface area (Å²) in [6.45, 7) is 12.6. The maximum absolute atomic E-state index is 15.5. The van der Waals surface area contributed by atoms with Crippen LogP contribution in [-0.4, -0.2) is 176 Å². The Balaban J connectivity index is 0.000000394. The number of halogens is 9. The maximum atomic E-state index is 15.5. The summed E-state index contributed by atoms with van der Waals surface area (Å²) < 4.78 is 160. The number of anilines is 3. The van der Waals surface area contributed by atoms with Crippen LogP contribution in [0.3, 0.4) is 0 Å². The fourth-order valence-corrected chi connectivity index (χ4v) is 17.6. The number of carboxylic acids is 2. The van der Waals surface area contributed by atoms with Gasteiger partial charge in [-0.15, -0.1) is 42.6 Å². The zero-order valence-corrected chi connectivity index (χ0v) is 77.5. The molecule has 0 saturated carbocycles. The molecule has 5 amide bonds. The number of sulfonamides is 3. The predicted octanol–water partition coefficient (Wildman–Crippen LogP) is 15.4. The van der Waals surface area contributed by atoms with Gasteiger partial charge in [0.05, 0.1) is 38.7 Å². The minimum atomic E-state index is -4.89. The van der Waals surface area contributed by atoms with Gasteiger partial charge in [-0.25, -0.2) is 63.0 Å². The Morgan fingerprint density at radius 3 is 1.06 bits per heavy atom. The van der Waals surface area contributed by atoms with Gasteiger partial charge in [0.15, 0.2) is 17.5 Å². The number of rotatable bonds is 33. The number of esters is 1. The van der Waals surface area contributed by atoms with Gasteiger partial charge in [-0.1, -0.05) is 77.0 Å². The van der Waals surface area contributed by atoms with Crippen LogP contribution in [0.15, 0.2) is 138 Å². The van der Waals surface area contributed by atoms with E-state index in [0.29, 0.717) is 70.3 Å². The van der Waals surface area contributed by atoms with Crippen molar-refractivity contribution >= 4 is 199 Å². The minimum absolute atomic E-state index is 0. The third-order valence-corrected chi connectivity index (χ3v) is 24.3. The Kier molecular flexibility index (Phi) is 41.7. The van der Waals surface area contributed by atoms with E-state index < -0.39 is 123 Å². The normalized spacial score (nSPS) is 11.2. The van der Waals surface area contributed by atoms with Crippen molar-refractivity contribution in [3.63, 3.8) is 0 Å². The molecule has 4 N–H and O–H groups in total. The van der Waals surface area contributed by atoms with Crippen molar-refractivity contribution in [2.45, 2.75) is 134 Å². The number of amides is 5. The van der Waals surface area contributed by atoms with Crippen LogP contribution in [0.4, 0.5) is 40.2 Å². The molecule has 0 unspecified atom stereocenters. The molecule has 6 aromatic carbocycles. The van der Waals surface area contributed by atoms with Crippen molar-refractivity contribution < 1.29 is 140 Å². The smallest absolute Gasteiger partial charge is 0.870 e. The van der Waals surface area contributed by atoms with Gasteiger partial charge in [0, 0.05) is 89.8 Å². The van der Waals surface area contributed by atoms with Gasteiger partial charge in [-0.3, -0.25) is 33.5 Å². The van der Waals surface area contributed by atoms with Crippen LogP contribution in [0.1, 0.15) is 106 Å². The molecule has 0 saturated heterocycles. The number of aryl methyl sites for hydroxylation is 3. The van der Waals surface area contributed by atoms with E-state index in [9.17, 15) is 68.0 Å². The molecule has 9 aromatic rings. The molecule has 678 valence electrons. The molecule has 32 nitrogen and oxygen atoms in total.